The molecule has 1 aliphatic heterocycles. The predicted molar refractivity (Wildman–Crippen MR) is 104 cm³/mol. The van der Waals surface area contributed by atoms with Gasteiger partial charge in [0.05, 0.1) is 11.1 Å². The van der Waals surface area contributed by atoms with E-state index in [0.717, 1.165) is 23.1 Å². The maximum Gasteiger partial charge on any atom is 0.257 e. The molecule has 4 rings (SSSR count). The van der Waals surface area contributed by atoms with Crippen LogP contribution in [0.25, 0.3) is 10.9 Å². The van der Waals surface area contributed by atoms with Crippen molar-refractivity contribution in [3.8, 4) is 0 Å². The van der Waals surface area contributed by atoms with Gasteiger partial charge in [-0.15, -0.1) is 0 Å². The number of carbonyl (C=O) groups is 3. The van der Waals surface area contributed by atoms with Crippen molar-refractivity contribution in [1.29, 1.82) is 0 Å². The molecule has 0 fully saturated rings. The van der Waals surface area contributed by atoms with Crippen LogP contribution in [0.3, 0.4) is 0 Å². The highest BCUT2D eigenvalue weighted by atomic mass is 16.2. The molecule has 1 N–H and O–H groups in total. The molecule has 2 heterocycles. The Morgan fingerprint density at radius 1 is 1.00 bits per heavy atom. The molecule has 1 aliphatic rings. The second-order valence-electron chi connectivity index (χ2n) is 6.67. The van der Waals surface area contributed by atoms with Crippen LogP contribution in [0, 0.1) is 0 Å². The maximum absolute atomic E-state index is 12.8. The highest BCUT2D eigenvalue weighted by molar-refractivity contribution is 6.14. The van der Waals surface area contributed by atoms with Gasteiger partial charge in [0.15, 0.2) is 0 Å². The predicted octanol–water partition coefficient (Wildman–Crippen LogP) is 3.46. The van der Waals surface area contributed by atoms with E-state index in [9.17, 15) is 14.4 Å². The Morgan fingerprint density at radius 3 is 2.52 bits per heavy atom. The van der Waals surface area contributed by atoms with Crippen LogP contribution in [0.4, 0.5) is 11.4 Å². The molecule has 0 bridgehead atoms. The number of benzene rings is 2. The fourth-order valence-corrected chi connectivity index (χ4v) is 3.63. The molecular formula is C21H19N3O3. The molecule has 0 aliphatic carbocycles. The lowest BCUT2D eigenvalue weighted by molar-refractivity contribution is -0.116. The van der Waals surface area contributed by atoms with Gasteiger partial charge >= 0.3 is 0 Å². The third kappa shape index (κ3) is 2.89. The summed E-state index contributed by atoms with van der Waals surface area (Å²) in [5, 5.41) is 3.64. The minimum Gasteiger partial charge on any atom is -0.322 e. The van der Waals surface area contributed by atoms with Gasteiger partial charge in [-0.3, -0.25) is 19.0 Å². The van der Waals surface area contributed by atoms with Crippen LogP contribution in [-0.4, -0.2) is 28.8 Å². The van der Waals surface area contributed by atoms with Crippen LogP contribution in [-0.2, 0) is 11.2 Å². The Labute approximate surface area is 156 Å². The minimum atomic E-state index is -0.271. The zero-order chi connectivity index (χ0) is 19.1. The molecule has 0 saturated heterocycles. The maximum atomic E-state index is 12.8. The van der Waals surface area contributed by atoms with E-state index in [1.54, 1.807) is 24.1 Å². The molecule has 2 amide bonds. The van der Waals surface area contributed by atoms with Gasteiger partial charge < -0.3 is 10.2 Å². The first kappa shape index (κ1) is 17.0. The summed E-state index contributed by atoms with van der Waals surface area (Å²) in [5.41, 5.74) is 3.76. The Hall–Kier alpha value is -3.41. The molecule has 1 aromatic heterocycles. The first-order valence-electron chi connectivity index (χ1n) is 8.79. The number of aromatic nitrogens is 1. The van der Waals surface area contributed by atoms with E-state index in [0.29, 0.717) is 23.3 Å². The summed E-state index contributed by atoms with van der Waals surface area (Å²) < 4.78 is 1.48. The van der Waals surface area contributed by atoms with Crippen molar-refractivity contribution in [1.82, 2.24) is 4.57 Å². The lowest BCUT2D eigenvalue weighted by atomic mass is 10.1. The van der Waals surface area contributed by atoms with Gasteiger partial charge in [-0.1, -0.05) is 18.2 Å². The number of nitrogens with zero attached hydrogens (tertiary/aromatic N) is 2. The van der Waals surface area contributed by atoms with Gasteiger partial charge in [-0.05, 0) is 36.2 Å². The Balaban J connectivity index is 1.65. The second-order valence-corrected chi connectivity index (χ2v) is 6.67. The second kappa shape index (κ2) is 6.39. The first-order chi connectivity index (χ1) is 13.0. The summed E-state index contributed by atoms with van der Waals surface area (Å²) in [6, 6.07) is 12.9. The van der Waals surface area contributed by atoms with Crippen molar-refractivity contribution < 1.29 is 14.4 Å². The molecule has 27 heavy (non-hydrogen) atoms. The number of rotatable bonds is 2. The standard InChI is InChI=1S/C21H19N3O3/c1-13(25)23-10-9-15-11-16(7-8-19(15)23)22-21(27)18-12-24(14(2)26)20-6-4-3-5-17(18)20/h3-8,11-12H,9-10H2,1-2H3,(H,22,27). The third-order valence-corrected chi connectivity index (χ3v) is 4.91. The summed E-state index contributed by atoms with van der Waals surface area (Å²) in [5.74, 6) is -0.401. The monoisotopic (exact) mass is 361 g/mol. The quantitative estimate of drug-likeness (QED) is 0.760. The van der Waals surface area contributed by atoms with E-state index in [2.05, 4.69) is 5.32 Å². The van der Waals surface area contributed by atoms with Gasteiger partial charge in [0.1, 0.15) is 0 Å². The number of para-hydroxylation sites is 1. The SMILES string of the molecule is CC(=O)N1CCc2cc(NC(=O)c3cn(C(C)=O)c4ccccc34)ccc21. The zero-order valence-electron chi connectivity index (χ0n) is 15.2. The van der Waals surface area contributed by atoms with Crippen molar-refractivity contribution in [2.24, 2.45) is 0 Å². The number of fused-ring (bicyclic) bond motifs is 2. The van der Waals surface area contributed by atoms with E-state index in [-0.39, 0.29) is 17.7 Å². The average molecular weight is 361 g/mol. The lowest BCUT2D eigenvalue weighted by Gasteiger charge is -2.15. The van der Waals surface area contributed by atoms with Gasteiger partial charge in [-0.2, -0.15) is 0 Å². The van der Waals surface area contributed by atoms with E-state index in [1.807, 2.05) is 36.4 Å². The van der Waals surface area contributed by atoms with Gasteiger partial charge in [0.25, 0.3) is 5.91 Å². The number of hydrogen-bond donors (Lipinski definition) is 1. The van der Waals surface area contributed by atoms with Crippen molar-refractivity contribution in [3.63, 3.8) is 0 Å². The average Bonchev–Trinajstić information content (AvgIpc) is 3.23. The van der Waals surface area contributed by atoms with Crippen LogP contribution in [0.2, 0.25) is 0 Å². The molecular weight excluding hydrogens is 342 g/mol. The normalized spacial score (nSPS) is 12.9. The van der Waals surface area contributed by atoms with Crippen molar-refractivity contribution >= 4 is 40.0 Å². The van der Waals surface area contributed by atoms with Crippen LogP contribution < -0.4 is 10.2 Å². The van der Waals surface area contributed by atoms with Crippen LogP contribution in [0.5, 0.6) is 0 Å². The largest absolute Gasteiger partial charge is 0.322 e. The van der Waals surface area contributed by atoms with E-state index in [4.69, 9.17) is 0 Å². The topological polar surface area (TPSA) is 71.4 Å². The summed E-state index contributed by atoms with van der Waals surface area (Å²) in [4.78, 5) is 38.1. The summed E-state index contributed by atoms with van der Waals surface area (Å²) in [6.45, 7) is 3.68. The van der Waals surface area contributed by atoms with Crippen LogP contribution in [0.15, 0.2) is 48.7 Å². The molecule has 136 valence electrons. The van der Waals surface area contributed by atoms with E-state index in [1.165, 1.54) is 11.5 Å². The molecule has 3 aromatic rings. The lowest BCUT2D eigenvalue weighted by Crippen LogP contribution is -2.25. The molecule has 6 heteroatoms. The highest BCUT2D eigenvalue weighted by Gasteiger charge is 2.23. The van der Waals surface area contributed by atoms with Crippen LogP contribution >= 0.6 is 0 Å². The Kier molecular flexibility index (Phi) is 4.03. The Bertz CT molecular complexity index is 1100. The number of anilines is 2. The molecule has 0 radical (unpaired) electrons. The highest BCUT2D eigenvalue weighted by Crippen LogP contribution is 2.31. The van der Waals surface area contributed by atoms with Gasteiger partial charge in [0, 0.05) is 43.4 Å². The van der Waals surface area contributed by atoms with Crippen molar-refractivity contribution in [2.75, 3.05) is 16.8 Å². The summed E-state index contributed by atoms with van der Waals surface area (Å²) >= 11 is 0. The Morgan fingerprint density at radius 2 is 1.78 bits per heavy atom. The smallest absolute Gasteiger partial charge is 0.257 e. The van der Waals surface area contributed by atoms with Crippen molar-refractivity contribution in [2.45, 2.75) is 20.3 Å². The number of amides is 2. The number of hydrogen-bond acceptors (Lipinski definition) is 3. The number of nitrogens with one attached hydrogen (secondary N) is 1. The molecule has 2 aromatic carbocycles. The fourth-order valence-electron chi connectivity index (χ4n) is 3.63. The molecule has 6 nitrogen and oxygen atoms in total. The zero-order valence-corrected chi connectivity index (χ0v) is 15.2. The van der Waals surface area contributed by atoms with Crippen molar-refractivity contribution in [3.05, 3.63) is 59.8 Å². The molecule has 0 atom stereocenters. The molecule has 0 unspecified atom stereocenters. The van der Waals surface area contributed by atoms with Crippen LogP contribution in [0.1, 0.15) is 34.6 Å². The van der Waals surface area contributed by atoms with Gasteiger partial charge in [0.2, 0.25) is 11.8 Å². The summed E-state index contributed by atoms with van der Waals surface area (Å²) in [7, 11) is 0. The molecule has 0 saturated carbocycles. The summed E-state index contributed by atoms with van der Waals surface area (Å²) in [6.07, 6.45) is 2.34. The van der Waals surface area contributed by atoms with E-state index < -0.39 is 0 Å². The molecule has 0 spiro atoms. The van der Waals surface area contributed by atoms with E-state index >= 15 is 0 Å². The third-order valence-electron chi connectivity index (χ3n) is 4.91. The fraction of sp³-hybridized carbons (Fsp3) is 0.190. The first-order valence-corrected chi connectivity index (χ1v) is 8.79. The number of carbonyl (C=O) groups excluding carboxylic acids is 3. The minimum absolute atomic E-state index is 0.0163. The van der Waals surface area contributed by atoms with Gasteiger partial charge in [-0.25, -0.2) is 0 Å².